The van der Waals surface area contributed by atoms with Gasteiger partial charge in [0.25, 0.3) is 0 Å². The summed E-state index contributed by atoms with van der Waals surface area (Å²) in [5, 5.41) is 3.22. The minimum absolute atomic E-state index is 0.0578. The molecule has 1 heterocycles. The molecule has 2 nitrogen and oxygen atoms in total. The van der Waals surface area contributed by atoms with Crippen molar-refractivity contribution in [1.82, 2.24) is 5.32 Å². The van der Waals surface area contributed by atoms with Crippen LogP contribution in [0.3, 0.4) is 0 Å². The van der Waals surface area contributed by atoms with Gasteiger partial charge in [0.2, 0.25) is 0 Å². The van der Waals surface area contributed by atoms with Crippen molar-refractivity contribution in [3.8, 4) is 0 Å². The van der Waals surface area contributed by atoms with Crippen molar-refractivity contribution in [1.29, 1.82) is 0 Å². The fraction of sp³-hybridized carbons (Fsp3) is 0.462. The van der Waals surface area contributed by atoms with Crippen LogP contribution in [0.4, 0.5) is 4.39 Å². The second-order valence-electron chi connectivity index (χ2n) is 4.41. The molecule has 1 N–H and O–H groups in total. The summed E-state index contributed by atoms with van der Waals surface area (Å²) in [5.74, 6) is -0.177. The normalized spacial score (nSPS) is 17.4. The second-order valence-corrected chi connectivity index (χ2v) is 4.41. The van der Waals surface area contributed by atoms with E-state index in [1.165, 1.54) is 12.1 Å². The Bertz CT molecular complexity index is 377. The highest BCUT2D eigenvalue weighted by molar-refractivity contribution is 5.98. The van der Waals surface area contributed by atoms with E-state index in [9.17, 15) is 9.18 Å². The standard InChI is InChI=1S/C13H16FNO/c1-9-6-11(8-12(14)7-9)13(16)10-2-4-15-5-3-10/h6-8,10,15H,2-5H2,1H3. The summed E-state index contributed by atoms with van der Waals surface area (Å²) in [6.45, 7) is 3.57. The average molecular weight is 221 g/mol. The van der Waals surface area contributed by atoms with E-state index in [4.69, 9.17) is 0 Å². The Hall–Kier alpha value is -1.22. The van der Waals surface area contributed by atoms with Crippen LogP contribution in [0.15, 0.2) is 18.2 Å². The number of hydrogen-bond acceptors (Lipinski definition) is 2. The molecule has 0 aromatic heterocycles. The van der Waals surface area contributed by atoms with Crippen molar-refractivity contribution in [3.05, 3.63) is 35.1 Å². The maximum Gasteiger partial charge on any atom is 0.166 e. The van der Waals surface area contributed by atoms with Crippen LogP contribution in [0, 0.1) is 18.7 Å². The molecule has 1 aromatic rings. The van der Waals surface area contributed by atoms with Gasteiger partial charge in [-0.05, 0) is 56.6 Å². The highest BCUT2D eigenvalue weighted by Gasteiger charge is 2.22. The van der Waals surface area contributed by atoms with Gasteiger partial charge >= 0.3 is 0 Å². The molecule has 0 amide bonds. The summed E-state index contributed by atoms with van der Waals surface area (Å²) in [6, 6.07) is 4.56. The third-order valence-electron chi connectivity index (χ3n) is 3.04. The Balaban J connectivity index is 2.19. The third-order valence-corrected chi connectivity index (χ3v) is 3.04. The van der Waals surface area contributed by atoms with Gasteiger partial charge in [-0.3, -0.25) is 4.79 Å². The topological polar surface area (TPSA) is 29.1 Å². The molecule has 1 aromatic carbocycles. The molecule has 0 aliphatic carbocycles. The molecule has 0 bridgehead atoms. The van der Waals surface area contributed by atoms with Crippen LogP contribution in [-0.2, 0) is 0 Å². The minimum Gasteiger partial charge on any atom is -0.317 e. The first-order chi connectivity index (χ1) is 7.66. The van der Waals surface area contributed by atoms with E-state index in [2.05, 4.69) is 5.32 Å². The lowest BCUT2D eigenvalue weighted by molar-refractivity contribution is 0.0894. The number of carbonyl (C=O) groups is 1. The lowest BCUT2D eigenvalue weighted by Crippen LogP contribution is -2.31. The molecular formula is C13H16FNO. The van der Waals surface area contributed by atoms with Crippen molar-refractivity contribution in [2.75, 3.05) is 13.1 Å². The molecule has 1 fully saturated rings. The summed E-state index contributed by atoms with van der Waals surface area (Å²) >= 11 is 0. The smallest absolute Gasteiger partial charge is 0.166 e. The molecule has 86 valence electrons. The van der Waals surface area contributed by atoms with E-state index < -0.39 is 0 Å². The maximum atomic E-state index is 13.2. The largest absolute Gasteiger partial charge is 0.317 e. The Kier molecular flexibility index (Phi) is 3.34. The van der Waals surface area contributed by atoms with E-state index in [0.29, 0.717) is 5.56 Å². The van der Waals surface area contributed by atoms with Gasteiger partial charge in [0.1, 0.15) is 5.82 Å². The summed E-state index contributed by atoms with van der Waals surface area (Å²) in [7, 11) is 0. The molecule has 0 atom stereocenters. The Morgan fingerprint density at radius 1 is 1.31 bits per heavy atom. The Labute approximate surface area is 94.9 Å². The fourth-order valence-corrected chi connectivity index (χ4v) is 2.20. The molecule has 0 spiro atoms. The first-order valence-electron chi connectivity index (χ1n) is 5.69. The van der Waals surface area contributed by atoms with Crippen molar-refractivity contribution in [3.63, 3.8) is 0 Å². The molecule has 1 aliphatic heterocycles. The van der Waals surface area contributed by atoms with Crippen LogP contribution in [0.5, 0.6) is 0 Å². The molecule has 1 aliphatic rings. The van der Waals surface area contributed by atoms with Crippen LogP contribution in [0.25, 0.3) is 0 Å². The van der Waals surface area contributed by atoms with Crippen LogP contribution < -0.4 is 5.32 Å². The zero-order chi connectivity index (χ0) is 11.5. The van der Waals surface area contributed by atoms with Gasteiger partial charge < -0.3 is 5.32 Å². The summed E-state index contributed by atoms with van der Waals surface area (Å²) in [4.78, 5) is 12.1. The minimum atomic E-state index is -0.322. The number of aryl methyl sites for hydroxylation is 1. The second kappa shape index (κ2) is 4.74. The number of benzene rings is 1. The lowest BCUT2D eigenvalue weighted by Gasteiger charge is -2.21. The Morgan fingerprint density at radius 3 is 2.62 bits per heavy atom. The lowest BCUT2D eigenvalue weighted by atomic mass is 9.89. The van der Waals surface area contributed by atoms with Crippen molar-refractivity contribution < 1.29 is 9.18 Å². The van der Waals surface area contributed by atoms with Crippen LogP contribution >= 0.6 is 0 Å². The number of ketones is 1. The van der Waals surface area contributed by atoms with Gasteiger partial charge in [-0.25, -0.2) is 4.39 Å². The van der Waals surface area contributed by atoms with Crippen molar-refractivity contribution >= 4 is 5.78 Å². The van der Waals surface area contributed by atoms with Crippen molar-refractivity contribution in [2.45, 2.75) is 19.8 Å². The monoisotopic (exact) mass is 221 g/mol. The quantitative estimate of drug-likeness (QED) is 0.776. The van der Waals surface area contributed by atoms with E-state index in [1.54, 1.807) is 6.07 Å². The average Bonchev–Trinajstić information content (AvgIpc) is 2.28. The summed E-state index contributed by atoms with van der Waals surface area (Å²) in [5.41, 5.74) is 1.32. The maximum absolute atomic E-state index is 13.2. The van der Waals surface area contributed by atoms with Gasteiger partial charge in [0, 0.05) is 11.5 Å². The molecule has 0 unspecified atom stereocenters. The van der Waals surface area contributed by atoms with E-state index >= 15 is 0 Å². The van der Waals surface area contributed by atoms with Crippen LogP contribution in [0.1, 0.15) is 28.8 Å². The number of piperidine rings is 1. The third kappa shape index (κ3) is 2.47. The van der Waals surface area contributed by atoms with Gasteiger partial charge in [0.05, 0.1) is 0 Å². The predicted molar refractivity (Wildman–Crippen MR) is 61.1 cm³/mol. The molecule has 0 radical (unpaired) electrons. The number of halogens is 1. The molecule has 2 rings (SSSR count). The zero-order valence-electron chi connectivity index (χ0n) is 9.42. The molecular weight excluding hydrogens is 205 g/mol. The summed E-state index contributed by atoms with van der Waals surface area (Å²) < 4.78 is 13.2. The zero-order valence-corrected chi connectivity index (χ0v) is 9.42. The van der Waals surface area contributed by atoms with E-state index in [-0.39, 0.29) is 17.5 Å². The van der Waals surface area contributed by atoms with E-state index in [1.807, 2.05) is 6.92 Å². The molecule has 3 heteroatoms. The molecule has 1 saturated heterocycles. The first kappa shape index (κ1) is 11.3. The fourth-order valence-electron chi connectivity index (χ4n) is 2.20. The Morgan fingerprint density at radius 2 is 2.00 bits per heavy atom. The van der Waals surface area contributed by atoms with Crippen LogP contribution in [0.2, 0.25) is 0 Å². The van der Waals surface area contributed by atoms with E-state index in [0.717, 1.165) is 31.5 Å². The van der Waals surface area contributed by atoms with Crippen molar-refractivity contribution in [2.24, 2.45) is 5.92 Å². The number of carbonyl (C=O) groups excluding carboxylic acids is 1. The molecule has 0 saturated carbocycles. The highest BCUT2D eigenvalue weighted by atomic mass is 19.1. The number of nitrogens with one attached hydrogen (secondary N) is 1. The predicted octanol–water partition coefficient (Wildman–Crippen LogP) is 2.32. The molecule has 16 heavy (non-hydrogen) atoms. The van der Waals surface area contributed by atoms with Gasteiger partial charge in [0.15, 0.2) is 5.78 Å². The summed E-state index contributed by atoms with van der Waals surface area (Å²) in [6.07, 6.45) is 1.71. The first-order valence-corrected chi connectivity index (χ1v) is 5.69. The highest BCUT2D eigenvalue weighted by Crippen LogP contribution is 2.19. The van der Waals surface area contributed by atoms with Crippen LogP contribution in [-0.4, -0.2) is 18.9 Å². The number of rotatable bonds is 2. The van der Waals surface area contributed by atoms with Gasteiger partial charge in [-0.1, -0.05) is 0 Å². The number of Topliss-reactive ketones (excluding diaryl/α,β-unsaturated/α-hetero) is 1. The number of hydrogen-bond donors (Lipinski definition) is 1. The van der Waals surface area contributed by atoms with Gasteiger partial charge in [-0.2, -0.15) is 0 Å². The SMILES string of the molecule is Cc1cc(F)cc(C(=O)C2CCNCC2)c1. The van der Waals surface area contributed by atoms with Gasteiger partial charge in [-0.15, -0.1) is 0 Å².